The summed E-state index contributed by atoms with van der Waals surface area (Å²) in [5.74, 6) is 0.684. The van der Waals surface area contributed by atoms with Crippen LogP contribution in [0.3, 0.4) is 0 Å². The third-order valence-corrected chi connectivity index (χ3v) is 4.47. The number of nitrogens with zero attached hydrogens (tertiary/aromatic N) is 1. The molecule has 2 saturated carbocycles. The molecule has 2 fully saturated rings. The third kappa shape index (κ3) is 1.73. The lowest BCUT2D eigenvalue weighted by atomic mass is 9.92. The smallest absolute Gasteiger partial charge is 0.112 e. The van der Waals surface area contributed by atoms with E-state index < -0.39 is 5.54 Å². The first kappa shape index (κ1) is 11.7. The Balaban J connectivity index is 1.78. The van der Waals surface area contributed by atoms with Crippen LogP contribution in [0.1, 0.15) is 31.4 Å². The summed E-state index contributed by atoms with van der Waals surface area (Å²) < 4.78 is 0. The van der Waals surface area contributed by atoms with Crippen LogP contribution in [0, 0.1) is 23.2 Å². The average Bonchev–Trinajstić information content (AvgIpc) is 3.15. The normalized spacial score (nSPS) is 38.8. The summed E-state index contributed by atoms with van der Waals surface area (Å²) in [5, 5.41) is 22.9. The summed E-state index contributed by atoms with van der Waals surface area (Å²) in [6.07, 6.45) is 1.25. The maximum atomic E-state index is 9.90. The molecule has 0 bridgehead atoms. The van der Waals surface area contributed by atoms with Gasteiger partial charge < -0.3 is 5.11 Å². The van der Waals surface area contributed by atoms with Crippen LogP contribution in [-0.2, 0) is 0 Å². The lowest BCUT2D eigenvalue weighted by Crippen LogP contribution is -2.46. The number of hydrogen-bond donors (Lipinski definition) is 2. The molecule has 2 N–H and O–H groups in total. The van der Waals surface area contributed by atoms with Crippen molar-refractivity contribution in [1.82, 2.24) is 5.32 Å². The van der Waals surface area contributed by atoms with Gasteiger partial charge in [0.2, 0.25) is 0 Å². The molecule has 0 saturated heterocycles. The van der Waals surface area contributed by atoms with Gasteiger partial charge in [-0.05, 0) is 30.7 Å². The van der Waals surface area contributed by atoms with Gasteiger partial charge in [0.15, 0.2) is 0 Å². The van der Waals surface area contributed by atoms with Crippen molar-refractivity contribution in [3.63, 3.8) is 0 Å². The minimum absolute atomic E-state index is 0.136. The molecule has 5 atom stereocenters. The predicted octanol–water partition coefficient (Wildman–Crippen LogP) is 2.00. The zero-order chi connectivity index (χ0) is 12.8. The first-order chi connectivity index (χ1) is 8.66. The van der Waals surface area contributed by atoms with Gasteiger partial charge in [-0.25, -0.2) is 0 Å². The molecule has 3 rings (SSSR count). The highest BCUT2D eigenvalue weighted by molar-refractivity contribution is 5.28. The van der Waals surface area contributed by atoms with Gasteiger partial charge in [0.05, 0.1) is 12.2 Å². The van der Waals surface area contributed by atoms with E-state index in [1.165, 1.54) is 5.56 Å². The molecule has 0 radical (unpaired) electrons. The highest BCUT2D eigenvalue weighted by Gasteiger charge is 2.63. The van der Waals surface area contributed by atoms with Gasteiger partial charge in [0.1, 0.15) is 5.54 Å². The number of benzene rings is 1. The van der Waals surface area contributed by atoms with E-state index in [4.69, 9.17) is 0 Å². The Morgan fingerprint density at radius 1 is 1.44 bits per heavy atom. The standard InChI is InChI=1S/C15H18N2O/c1-10(11-5-3-2-4-6-11)17-15(9-16)8-14(18)12-7-13(12)15/h2-6,10,12-14,17-18H,7-8H2,1H3/t10-,12?,13?,14+,15-/m1/s1. The molecule has 0 heterocycles. The van der Waals surface area contributed by atoms with Gasteiger partial charge in [0.25, 0.3) is 0 Å². The minimum Gasteiger partial charge on any atom is -0.393 e. The van der Waals surface area contributed by atoms with Crippen LogP contribution < -0.4 is 5.32 Å². The number of hydrogen-bond acceptors (Lipinski definition) is 3. The fourth-order valence-corrected chi connectivity index (χ4v) is 3.38. The summed E-state index contributed by atoms with van der Waals surface area (Å²) in [7, 11) is 0. The van der Waals surface area contributed by atoms with E-state index in [0.29, 0.717) is 18.3 Å². The molecule has 1 aromatic rings. The molecule has 0 aliphatic heterocycles. The van der Waals surface area contributed by atoms with Crippen LogP contribution in [-0.4, -0.2) is 16.7 Å². The van der Waals surface area contributed by atoms with Gasteiger partial charge in [-0.15, -0.1) is 0 Å². The van der Waals surface area contributed by atoms with Crippen LogP contribution in [0.5, 0.6) is 0 Å². The largest absolute Gasteiger partial charge is 0.393 e. The Labute approximate surface area is 107 Å². The van der Waals surface area contributed by atoms with Crippen molar-refractivity contribution in [3.05, 3.63) is 35.9 Å². The molecule has 2 aliphatic rings. The van der Waals surface area contributed by atoms with Crippen LogP contribution in [0.4, 0.5) is 0 Å². The predicted molar refractivity (Wildman–Crippen MR) is 68.6 cm³/mol. The summed E-state index contributed by atoms with van der Waals surface area (Å²) in [6, 6.07) is 12.7. The average molecular weight is 242 g/mol. The van der Waals surface area contributed by atoms with Gasteiger partial charge in [-0.1, -0.05) is 30.3 Å². The first-order valence-corrected chi connectivity index (χ1v) is 6.58. The lowest BCUT2D eigenvalue weighted by molar-refractivity contribution is 0.145. The topological polar surface area (TPSA) is 56.0 Å². The summed E-state index contributed by atoms with van der Waals surface area (Å²) in [6.45, 7) is 2.08. The van der Waals surface area contributed by atoms with Gasteiger partial charge in [-0.2, -0.15) is 5.26 Å². The maximum absolute atomic E-state index is 9.90. The summed E-state index contributed by atoms with van der Waals surface area (Å²) in [5.41, 5.74) is 0.657. The number of nitriles is 1. The van der Waals surface area contributed by atoms with Gasteiger partial charge >= 0.3 is 0 Å². The number of nitrogens with one attached hydrogen (secondary N) is 1. The molecule has 1 aromatic carbocycles. The van der Waals surface area contributed by atoms with Gasteiger partial charge in [-0.3, -0.25) is 5.32 Å². The maximum Gasteiger partial charge on any atom is 0.112 e. The van der Waals surface area contributed by atoms with E-state index in [1.807, 2.05) is 18.2 Å². The van der Waals surface area contributed by atoms with Crippen molar-refractivity contribution in [2.45, 2.75) is 37.5 Å². The number of fused-ring (bicyclic) bond motifs is 1. The Morgan fingerprint density at radius 2 is 2.17 bits per heavy atom. The lowest BCUT2D eigenvalue weighted by Gasteiger charge is -2.29. The Hall–Kier alpha value is -1.37. The first-order valence-electron chi connectivity index (χ1n) is 6.58. The van der Waals surface area contributed by atoms with E-state index in [2.05, 4.69) is 30.4 Å². The Kier molecular flexibility index (Phi) is 2.65. The molecule has 94 valence electrons. The molecule has 2 unspecified atom stereocenters. The van der Waals surface area contributed by atoms with Crippen molar-refractivity contribution in [3.8, 4) is 6.07 Å². The van der Waals surface area contributed by atoms with E-state index in [0.717, 1.165) is 6.42 Å². The van der Waals surface area contributed by atoms with Crippen molar-refractivity contribution >= 4 is 0 Å². The van der Waals surface area contributed by atoms with E-state index >= 15 is 0 Å². The van der Waals surface area contributed by atoms with Crippen molar-refractivity contribution in [1.29, 1.82) is 5.26 Å². The quantitative estimate of drug-likeness (QED) is 0.852. The number of aliphatic hydroxyl groups is 1. The zero-order valence-corrected chi connectivity index (χ0v) is 10.5. The second-order valence-electron chi connectivity index (χ2n) is 5.64. The van der Waals surface area contributed by atoms with Crippen molar-refractivity contribution < 1.29 is 5.11 Å². The molecule has 2 aliphatic carbocycles. The third-order valence-electron chi connectivity index (χ3n) is 4.47. The van der Waals surface area contributed by atoms with E-state index in [1.54, 1.807) is 0 Å². The zero-order valence-electron chi connectivity index (χ0n) is 10.5. The molecule has 0 amide bonds. The minimum atomic E-state index is -0.528. The molecular formula is C15H18N2O. The number of aliphatic hydroxyl groups excluding tert-OH is 1. The second-order valence-corrected chi connectivity index (χ2v) is 5.64. The van der Waals surface area contributed by atoms with Gasteiger partial charge in [0, 0.05) is 12.5 Å². The fourth-order valence-electron chi connectivity index (χ4n) is 3.38. The summed E-state index contributed by atoms with van der Waals surface area (Å²) in [4.78, 5) is 0. The molecular weight excluding hydrogens is 224 g/mol. The second kappa shape index (κ2) is 4.08. The van der Waals surface area contributed by atoms with E-state index in [-0.39, 0.29) is 12.1 Å². The van der Waals surface area contributed by atoms with E-state index in [9.17, 15) is 10.4 Å². The summed E-state index contributed by atoms with van der Waals surface area (Å²) >= 11 is 0. The van der Waals surface area contributed by atoms with Crippen LogP contribution in [0.2, 0.25) is 0 Å². The molecule has 18 heavy (non-hydrogen) atoms. The Morgan fingerprint density at radius 3 is 2.67 bits per heavy atom. The SMILES string of the molecule is C[C@@H](N[C@@]1(C#N)C[C@H](O)C2CC21)c1ccccc1. The van der Waals surface area contributed by atoms with Crippen LogP contribution in [0.15, 0.2) is 30.3 Å². The van der Waals surface area contributed by atoms with Crippen molar-refractivity contribution in [2.75, 3.05) is 0 Å². The van der Waals surface area contributed by atoms with Crippen LogP contribution >= 0.6 is 0 Å². The van der Waals surface area contributed by atoms with Crippen LogP contribution in [0.25, 0.3) is 0 Å². The molecule has 0 aromatic heterocycles. The fraction of sp³-hybridized carbons (Fsp3) is 0.533. The van der Waals surface area contributed by atoms with Crippen molar-refractivity contribution in [2.24, 2.45) is 11.8 Å². The monoisotopic (exact) mass is 242 g/mol. The highest BCUT2D eigenvalue weighted by atomic mass is 16.3. The molecule has 0 spiro atoms. The molecule has 3 nitrogen and oxygen atoms in total. The molecule has 3 heteroatoms. The Bertz CT molecular complexity index is 481. The number of rotatable bonds is 3. The highest BCUT2D eigenvalue weighted by Crippen LogP contribution is 2.57.